The van der Waals surface area contributed by atoms with E-state index in [0.717, 1.165) is 5.56 Å². The highest BCUT2D eigenvalue weighted by atomic mass is 32.2. The maximum atomic E-state index is 13.8. The van der Waals surface area contributed by atoms with Crippen LogP contribution in [0.2, 0.25) is 0 Å². The molecule has 0 amide bonds. The van der Waals surface area contributed by atoms with Gasteiger partial charge in [0, 0.05) is 29.4 Å². The van der Waals surface area contributed by atoms with Crippen molar-refractivity contribution in [2.24, 2.45) is 0 Å². The number of para-hydroxylation sites is 1. The number of aryl methyl sites for hydroxylation is 1. The van der Waals surface area contributed by atoms with Gasteiger partial charge in [0.15, 0.2) is 5.78 Å². The Kier molecular flexibility index (Phi) is 8.14. The number of Topliss-reactive ketones (excluding diaryl/α,β-unsaturated/α-hetero) is 1. The lowest BCUT2D eigenvalue weighted by Gasteiger charge is -2.29. The van der Waals surface area contributed by atoms with E-state index >= 15 is 0 Å². The van der Waals surface area contributed by atoms with Crippen LogP contribution in [-0.2, 0) is 10.0 Å². The summed E-state index contributed by atoms with van der Waals surface area (Å²) in [6.45, 7) is 1.88. The van der Waals surface area contributed by atoms with E-state index < -0.39 is 27.6 Å². The van der Waals surface area contributed by atoms with Gasteiger partial charge in [0.25, 0.3) is 0 Å². The molecule has 0 aliphatic heterocycles. The SMILES string of the molecule is COc1ccc([C@H](NS(=O)(=O)c2ccc(C)cc2)[C@H](CC(=O)c2ccccc2)c2cc(=O)oc3ccccc23)cc1. The van der Waals surface area contributed by atoms with Gasteiger partial charge in [-0.25, -0.2) is 17.9 Å². The van der Waals surface area contributed by atoms with Crippen molar-refractivity contribution in [1.29, 1.82) is 0 Å². The molecule has 1 heterocycles. The molecule has 8 heteroatoms. The Balaban J connectivity index is 1.71. The highest BCUT2D eigenvalue weighted by Crippen LogP contribution is 2.39. The Hall–Kier alpha value is -4.53. The molecule has 7 nitrogen and oxygen atoms in total. The fourth-order valence-electron chi connectivity index (χ4n) is 4.94. The highest BCUT2D eigenvalue weighted by molar-refractivity contribution is 7.89. The summed E-state index contributed by atoms with van der Waals surface area (Å²) in [5.41, 5.74) is 2.27. The van der Waals surface area contributed by atoms with Gasteiger partial charge in [-0.1, -0.05) is 78.4 Å². The second kappa shape index (κ2) is 11.9. The smallest absolute Gasteiger partial charge is 0.336 e. The number of nitrogens with one attached hydrogen (secondary N) is 1. The van der Waals surface area contributed by atoms with Crippen LogP contribution in [0.1, 0.15) is 45.4 Å². The summed E-state index contributed by atoms with van der Waals surface area (Å²) in [4.78, 5) is 26.5. The first kappa shape index (κ1) is 28.0. The number of benzene rings is 4. The van der Waals surface area contributed by atoms with Gasteiger partial charge < -0.3 is 9.15 Å². The minimum Gasteiger partial charge on any atom is -0.497 e. The van der Waals surface area contributed by atoms with Gasteiger partial charge in [-0.3, -0.25) is 4.79 Å². The van der Waals surface area contributed by atoms with E-state index in [2.05, 4.69) is 4.72 Å². The first-order chi connectivity index (χ1) is 19.7. The summed E-state index contributed by atoms with van der Waals surface area (Å²) < 4.78 is 41.2. The maximum Gasteiger partial charge on any atom is 0.336 e. The number of sulfonamides is 1. The fraction of sp³-hybridized carbons (Fsp3) is 0.152. The lowest BCUT2D eigenvalue weighted by Crippen LogP contribution is -2.34. The van der Waals surface area contributed by atoms with Crippen LogP contribution >= 0.6 is 0 Å². The third-order valence-electron chi connectivity index (χ3n) is 7.07. The van der Waals surface area contributed by atoms with Gasteiger partial charge in [-0.05, 0) is 48.4 Å². The summed E-state index contributed by atoms with van der Waals surface area (Å²) in [6, 6.07) is 29.8. The van der Waals surface area contributed by atoms with Crippen LogP contribution in [0.15, 0.2) is 123 Å². The van der Waals surface area contributed by atoms with E-state index in [1.54, 1.807) is 104 Å². The summed E-state index contributed by atoms with van der Waals surface area (Å²) in [6.07, 6.45) is -0.0788. The summed E-state index contributed by atoms with van der Waals surface area (Å²) in [7, 11) is -2.51. The summed E-state index contributed by atoms with van der Waals surface area (Å²) >= 11 is 0. The number of carbonyl (C=O) groups is 1. The predicted octanol–water partition coefficient (Wildman–Crippen LogP) is 6.19. The zero-order valence-electron chi connectivity index (χ0n) is 22.6. The second-order valence-corrected chi connectivity index (χ2v) is 11.5. The molecule has 0 saturated heterocycles. The predicted molar refractivity (Wildman–Crippen MR) is 158 cm³/mol. The molecule has 5 aromatic rings. The quantitative estimate of drug-likeness (QED) is 0.160. The molecule has 0 saturated carbocycles. The third-order valence-corrected chi connectivity index (χ3v) is 8.53. The van der Waals surface area contributed by atoms with Crippen LogP contribution in [0.25, 0.3) is 11.0 Å². The van der Waals surface area contributed by atoms with Gasteiger partial charge >= 0.3 is 5.63 Å². The minimum atomic E-state index is -4.05. The van der Waals surface area contributed by atoms with Crippen LogP contribution in [0.3, 0.4) is 0 Å². The molecule has 0 spiro atoms. The topological polar surface area (TPSA) is 103 Å². The second-order valence-electron chi connectivity index (χ2n) is 9.80. The molecule has 5 rings (SSSR count). The summed E-state index contributed by atoms with van der Waals surface area (Å²) in [5, 5.41) is 0.617. The Morgan fingerprint density at radius 3 is 2.22 bits per heavy atom. The minimum absolute atomic E-state index is 0.0788. The van der Waals surface area contributed by atoms with E-state index in [0.29, 0.717) is 33.4 Å². The molecule has 0 aliphatic carbocycles. The number of hydrogen-bond donors (Lipinski definition) is 1. The van der Waals surface area contributed by atoms with E-state index in [4.69, 9.17) is 9.15 Å². The number of methoxy groups -OCH3 is 1. The lowest BCUT2D eigenvalue weighted by atomic mass is 9.82. The average molecular weight is 568 g/mol. The molecule has 1 N–H and O–H groups in total. The van der Waals surface area contributed by atoms with Crippen LogP contribution in [0.4, 0.5) is 0 Å². The number of rotatable bonds is 10. The zero-order valence-corrected chi connectivity index (χ0v) is 23.4. The van der Waals surface area contributed by atoms with E-state index in [9.17, 15) is 18.0 Å². The van der Waals surface area contributed by atoms with Crippen LogP contribution < -0.4 is 15.1 Å². The van der Waals surface area contributed by atoms with E-state index in [1.807, 2.05) is 13.0 Å². The fourth-order valence-corrected chi connectivity index (χ4v) is 6.20. The molecule has 0 fully saturated rings. The first-order valence-corrected chi connectivity index (χ1v) is 14.6. The molecular formula is C33H29NO6S. The van der Waals surface area contributed by atoms with E-state index in [1.165, 1.54) is 6.07 Å². The van der Waals surface area contributed by atoms with Crippen molar-refractivity contribution in [1.82, 2.24) is 4.72 Å². The van der Waals surface area contributed by atoms with Crippen molar-refractivity contribution in [3.63, 3.8) is 0 Å². The Bertz CT molecular complexity index is 1830. The maximum absolute atomic E-state index is 13.8. The van der Waals surface area contributed by atoms with Crippen LogP contribution in [0.5, 0.6) is 5.75 Å². The molecular weight excluding hydrogens is 538 g/mol. The van der Waals surface area contributed by atoms with Crippen molar-refractivity contribution in [2.75, 3.05) is 7.11 Å². The average Bonchev–Trinajstić information content (AvgIpc) is 2.99. The molecule has 0 bridgehead atoms. The normalized spacial score (nSPS) is 13.0. The molecule has 2 atom stereocenters. The number of hydrogen-bond acceptors (Lipinski definition) is 6. The van der Waals surface area contributed by atoms with E-state index in [-0.39, 0.29) is 17.1 Å². The monoisotopic (exact) mass is 567 g/mol. The van der Waals surface area contributed by atoms with Crippen molar-refractivity contribution in [3.05, 3.63) is 142 Å². The molecule has 208 valence electrons. The van der Waals surface area contributed by atoms with Gasteiger partial charge in [0.2, 0.25) is 10.0 Å². The zero-order chi connectivity index (χ0) is 29.0. The van der Waals surface area contributed by atoms with Crippen molar-refractivity contribution in [3.8, 4) is 5.75 Å². The Morgan fingerprint density at radius 1 is 0.878 bits per heavy atom. The molecule has 0 radical (unpaired) electrons. The highest BCUT2D eigenvalue weighted by Gasteiger charge is 2.33. The Morgan fingerprint density at radius 2 is 1.54 bits per heavy atom. The van der Waals surface area contributed by atoms with Crippen molar-refractivity contribution in [2.45, 2.75) is 30.2 Å². The van der Waals surface area contributed by atoms with Gasteiger partial charge in [0.05, 0.1) is 18.0 Å². The van der Waals surface area contributed by atoms with Gasteiger partial charge in [-0.2, -0.15) is 0 Å². The number of fused-ring (bicyclic) bond motifs is 1. The van der Waals surface area contributed by atoms with Gasteiger partial charge in [0.1, 0.15) is 11.3 Å². The lowest BCUT2D eigenvalue weighted by molar-refractivity contribution is 0.0968. The Labute approximate surface area is 238 Å². The van der Waals surface area contributed by atoms with Crippen LogP contribution in [-0.4, -0.2) is 21.3 Å². The van der Waals surface area contributed by atoms with Crippen molar-refractivity contribution >= 4 is 26.8 Å². The largest absolute Gasteiger partial charge is 0.497 e. The van der Waals surface area contributed by atoms with Crippen LogP contribution in [0, 0.1) is 6.92 Å². The number of carbonyl (C=O) groups excluding carboxylic acids is 1. The molecule has 41 heavy (non-hydrogen) atoms. The standard InChI is InChI=1S/C33H29NO6S/c1-22-12-18-26(19-13-22)41(37,38)34-33(24-14-16-25(39-2)17-15-24)29(20-30(35)23-8-4-3-5-9-23)28-21-32(36)40-31-11-7-6-10-27(28)31/h3-19,21,29,33-34H,20H2,1-2H3/t29-,33+/m1/s1. The molecule has 0 aliphatic rings. The van der Waals surface area contributed by atoms with Gasteiger partial charge in [-0.15, -0.1) is 0 Å². The molecule has 1 aromatic heterocycles. The first-order valence-electron chi connectivity index (χ1n) is 13.1. The molecule has 4 aromatic carbocycles. The molecule has 0 unspecified atom stereocenters. The number of ether oxygens (including phenoxy) is 1. The summed E-state index contributed by atoms with van der Waals surface area (Å²) in [5.74, 6) is -0.372. The third kappa shape index (κ3) is 6.29. The number of ketones is 1. The van der Waals surface area contributed by atoms with Crippen molar-refractivity contribution < 1.29 is 22.4 Å².